The zero-order valence-corrected chi connectivity index (χ0v) is 27.1. The van der Waals surface area contributed by atoms with Crippen LogP contribution in [0.4, 0.5) is 0 Å². The zero-order valence-electron chi connectivity index (χ0n) is 27.1. The fraction of sp³-hybridized carbons (Fsp3) is 0.238. The summed E-state index contributed by atoms with van der Waals surface area (Å²) < 4.78 is 17.2. The van der Waals surface area contributed by atoms with E-state index in [1.807, 2.05) is 37.3 Å². The van der Waals surface area contributed by atoms with E-state index in [0.717, 1.165) is 42.8 Å². The van der Waals surface area contributed by atoms with Gasteiger partial charge in [-0.2, -0.15) is 0 Å². The maximum atomic E-state index is 12.2. The van der Waals surface area contributed by atoms with Gasteiger partial charge in [0, 0.05) is 23.3 Å². The molecule has 1 saturated carbocycles. The molecule has 0 spiro atoms. The molecule has 4 aromatic carbocycles. The molecular weight excluding hydrogens is 616 g/mol. The molecule has 0 radical (unpaired) electrons. The molecule has 0 amide bonds. The van der Waals surface area contributed by atoms with Gasteiger partial charge >= 0.3 is 11.9 Å². The average Bonchev–Trinajstić information content (AvgIpc) is 3.57. The highest BCUT2D eigenvalue weighted by atomic mass is 16.6. The standard InChI is InChI=1S/C42H34O7/c1-25-21-35-28(22-37(43)39(35)44)23-38(25)48-32-13-9-30(10-14-32)42(19-17-27(18-20-42)26-5-3-2-4-6-26)29-7-11-31(12-8-29)47-33-15-16-34-36(24-33)41(46)49-40(34)45/h2-16,23-25,27H,17-22H2,1H3. The topological polar surface area (TPSA) is 96.0 Å². The Morgan fingerprint density at radius 3 is 1.98 bits per heavy atom. The van der Waals surface area contributed by atoms with Gasteiger partial charge < -0.3 is 14.2 Å². The predicted molar refractivity (Wildman–Crippen MR) is 182 cm³/mol. The fourth-order valence-corrected chi connectivity index (χ4v) is 7.88. The van der Waals surface area contributed by atoms with Crippen LogP contribution in [-0.2, 0) is 19.7 Å². The van der Waals surface area contributed by atoms with Crippen LogP contribution in [0.2, 0.25) is 0 Å². The van der Waals surface area contributed by atoms with Crippen molar-refractivity contribution in [3.05, 3.63) is 148 Å². The summed E-state index contributed by atoms with van der Waals surface area (Å²) in [4.78, 5) is 48.1. The number of carbonyl (C=O) groups is 4. The van der Waals surface area contributed by atoms with Gasteiger partial charge in [0.25, 0.3) is 0 Å². The summed E-state index contributed by atoms with van der Waals surface area (Å²) in [5, 5.41) is 0. The Morgan fingerprint density at radius 1 is 0.694 bits per heavy atom. The van der Waals surface area contributed by atoms with Gasteiger partial charge in [0.05, 0.1) is 11.1 Å². The maximum absolute atomic E-state index is 12.2. The smallest absolute Gasteiger partial charge is 0.347 e. The van der Waals surface area contributed by atoms with Gasteiger partial charge in [-0.3, -0.25) is 9.59 Å². The second-order valence-corrected chi connectivity index (χ2v) is 13.5. The summed E-state index contributed by atoms with van der Waals surface area (Å²) >= 11 is 0. The number of cyclic esters (lactones) is 2. The number of ketones is 2. The van der Waals surface area contributed by atoms with E-state index in [9.17, 15) is 19.2 Å². The Hall–Kier alpha value is -5.56. The molecule has 1 fully saturated rings. The number of hydrogen-bond donors (Lipinski definition) is 0. The molecule has 1 atom stereocenters. The van der Waals surface area contributed by atoms with Crippen LogP contribution in [0.25, 0.3) is 0 Å². The third-order valence-electron chi connectivity index (χ3n) is 10.6. The van der Waals surface area contributed by atoms with Crippen molar-refractivity contribution in [3.63, 3.8) is 0 Å². The number of allylic oxidation sites excluding steroid dienone is 4. The normalized spacial score (nSPS) is 23.2. The van der Waals surface area contributed by atoms with Crippen molar-refractivity contribution in [1.82, 2.24) is 0 Å². The van der Waals surface area contributed by atoms with Crippen LogP contribution in [-0.4, -0.2) is 23.5 Å². The lowest BCUT2D eigenvalue weighted by atomic mass is 9.62. The number of esters is 2. The first-order chi connectivity index (χ1) is 23.8. The summed E-state index contributed by atoms with van der Waals surface area (Å²) in [6, 6.07) is 32.0. The molecule has 0 saturated heterocycles. The summed E-state index contributed by atoms with van der Waals surface area (Å²) in [6.45, 7) is 2.02. The Balaban J connectivity index is 1.06. The Kier molecular flexibility index (Phi) is 7.63. The molecule has 4 aromatic rings. The first-order valence-corrected chi connectivity index (χ1v) is 16.8. The van der Waals surface area contributed by atoms with Gasteiger partial charge in [0.1, 0.15) is 23.0 Å². The molecule has 8 rings (SSSR count). The monoisotopic (exact) mass is 650 g/mol. The van der Waals surface area contributed by atoms with E-state index in [1.165, 1.54) is 16.7 Å². The number of rotatable bonds is 7. The molecule has 7 heteroatoms. The third-order valence-corrected chi connectivity index (χ3v) is 10.6. The van der Waals surface area contributed by atoms with Gasteiger partial charge in [0.15, 0.2) is 0 Å². The van der Waals surface area contributed by atoms with Crippen LogP contribution in [0.3, 0.4) is 0 Å². The zero-order chi connectivity index (χ0) is 33.7. The first kappa shape index (κ1) is 30.8. The number of hydrogen-bond acceptors (Lipinski definition) is 7. The minimum Gasteiger partial charge on any atom is -0.461 e. The maximum Gasteiger partial charge on any atom is 0.347 e. The molecule has 244 valence electrons. The number of Topliss-reactive ketones (excluding diaryl/α,β-unsaturated/α-hetero) is 2. The van der Waals surface area contributed by atoms with Crippen molar-refractivity contribution in [1.29, 1.82) is 0 Å². The predicted octanol–water partition coefficient (Wildman–Crippen LogP) is 8.57. The van der Waals surface area contributed by atoms with Crippen molar-refractivity contribution in [2.24, 2.45) is 5.92 Å². The number of fused-ring (bicyclic) bond motifs is 1. The highest BCUT2D eigenvalue weighted by Gasteiger charge is 2.39. The lowest BCUT2D eigenvalue weighted by Crippen LogP contribution is -2.32. The van der Waals surface area contributed by atoms with E-state index in [1.54, 1.807) is 18.2 Å². The molecule has 1 aliphatic heterocycles. The van der Waals surface area contributed by atoms with Crippen LogP contribution in [0.15, 0.2) is 120 Å². The number of carbonyl (C=O) groups excluding carboxylic acids is 4. The van der Waals surface area contributed by atoms with Crippen LogP contribution < -0.4 is 9.47 Å². The van der Waals surface area contributed by atoms with E-state index < -0.39 is 11.9 Å². The Morgan fingerprint density at radius 2 is 1.31 bits per heavy atom. The van der Waals surface area contributed by atoms with Crippen molar-refractivity contribution >= 4 is 23.5 Å². The van der Waals surface area contributed by atoms with Crippen molar-refractivity contribution < 1.29 is 33.4 Å². The molecule has 4 aliphatic rings. The SMILES string of the molecule is CC1CC2=C(C=C1Oc1ccc(C3(c4ccc(Oc5ccc6c(c5)C(=O)OC6=O)cc4)CCC(c4ccccc4)CC3)cc1)CC(=O)C2=O. The van der Waals surface area contributed by atoms with Gasteiger partial charge in [-0.05, 0) is 109 Å². The van der Waals surface area contributed by atoms with Crippen LogP contribution in [0.5, 0.6) is 17.2 Å². The summed E-state index contributed by atoms with van der Waals surface area (Å²) in [5.41, 5.74) is 5.44. The molecule has 49 heavy (non-hydrogen) atoms. The number of ether oxygens (including phenoxy) is 3. The minimum absolute atomic E-state index is 0.00161. The van der Waals surface area contributed by atoms with E-state index in [4.69, 9.17) is 14.2 Å². The lowest BCUT2D eigenvalue weighted by Gasteiger charge is -2.41. The first-order valence-electron chi connectivity index (χ1n) is 16.8. The van der Waals surface area contributed by atoms with Crippen molar-refractivity contribution in [2.75, 3.05) is 0 Å². The van der Waals surface area contributed by atoms with Crippen molar-refractivity contribution in [2.45, 2.75) is 56.8 Å². The van der Waals surface area contributed by atoms with Crippen LogP contribution in [0, 0.1) is 5.92 Å². The Bertz CT molecular complexity index is 2060. The van der Waals surface area contributed by atoms with Gasteiger partial charge in [-0.15, -0.1) is 0 Å². The van der Waals surface area contributed by atoms with Gasteiger partial charge in [-0.1, -0.05) is 61.5 Å². The second kappa shape index (κ2) is 12.2. The largest absolute Gasteiger partial charge is 0.461 e. The highest BCUT2D eigenvalue weighted by molar-refractivity contribution is 6.46. The van der Waals surface area contributed by atoms with Crippen molar-refractivity contribution in [3.8, 4) is 17.2 Å². The van der Waals surface area contributed by atoms with E-state index >= 15 is 0 Å². The molecular formula is C42H34O7. The second-order valence-electron chi connectivity index (χ2n) is 13.5. The van der Waals surface area contributed by atoms with E-state index in [-0.39, 0.29) is 40.4 Å². The third kappa shape index (κ3) is 5.59. The fourth-order valence-electron chi connectivity index (χ4n) is 7.88. The molecule has 7 nitrogen and oxygen atoms in total. The minimum atomic E-state index is -0.663. The summed E-state index contributed by atoms with van der Waals surface area (Å²) in [7, 11) is 0. The van der Waals surface area contributed by atoms with Gasteiger partial charge in [-0.25, -0.2) is 9.59 Å². The summed E-state index contributed by atoms with van der Waals surface area (Å²) in [5.74, 6) is 1.08. The van der Waals surface area contributed by atoms with Gasteiger partial charge in [0.2, 0.25) is 11.6 Å². The quantitative estimate of drug-likeness (QED) is 0.112. The molecule has 0 aromatic heterocycles. The average molecular weight is 651 g/mol. The molecule has 0 bridgehead atoms. The summed E-state index contributed by atoms with van der Waals surface area (Å²) in [6.07, 6.45) is 6.59. The van der Waals surface area contributed by atoms with Crippen LogP contribution >= 0.6 is 0 Å². The molecule has 3 aliphatic carbocycles. The molecule has 1 unspecified atom stereocenters. The van der Waals surface area contributed by atoms with E-state index in [2.05, 4.69) is 54.6 Å². The Labute approximate surface area is 284 Å². The highest BCUT2D eigenvalue weighted by Crippen LogP contribution is 2.50. The lowest BCUT2D eigenvalue weighted by molar-refractivity contribution is -0.133. The number of benzene rings is 4. The van der Waals surface area contributed by atoms with Crippen LogP contribution in [0.1, 0.15) is 88.8 Å². The molecule has 1 heterocycles. The van der Waals surface area contributed by atoms with E-state index in [0.29, 0.717) is 29.4 Å². The molecule has 0 N–H and O–H groups in total.